The molecule has 0 saturated heterocycles. The number of nitrogens with zero attached hydrogens (tertiary/aromatic N) is 4. The van der Waals surface area contributed by atoms with Gasteiger partial charge in [0.25, 0.3) is 11.1 Å². The van der Waals surface area contributed by atoms with Gasteiger partial charge in [0.05, 0.1) is 71.3 Å². The Hall–Kier alpha value is -6.00. The Morgan fingerprint density at radius 3 is 2.37 bits per heavy atom. The van der Waals surface area contributed by atoms with E-state index in [0.717, 1.165) is 5.56 Å². The van der Waals surface area contributed by atoms with E-state index in [2.05, 4.69) is 13.2 Å². The highest BCUT2D eigenvalue weighted by Crippen LogP contribution is 2.45. The quantitative estimate of drug-likeness (QED) is 0.128. The third-order valence-corrected chi connectivity index (χ3v) is 13.3. The van der Waals surface area contributed by atoms with Gasteiger partial charge in [-0.15, -0.1) is 6.58 Å². The summed E-state index contributed by atoms with van der Waals surface area (Å²) in [5, 5.41) is 21.6. The normalized spacial score (nSPS) is 24.7. The van der Waals surface area contributed by atoms with Crippen LogP contribution in [0.4, 0.5) is 0 Å². The molecule has 0 saturated carbocycles. The fraction of sp³-hybridized carbons (Fsp3) is 0.404. The van der Waals surface area contributed by atoms with Gasteiger partial charge < -0.3 is 38.5 Å². The zero-order valence-electron chi connectivity index (χ0n) is 35.3. The summed E-state index contributed by atoms with van der Waals surface area (Å²) < 4.78 is 32.8. The summed E-state index contributed by atoms with van der Waals surface area (Å²) in [4.78, 5) is 65.3. The summed E-state index contributed by atoms with van der Waals surface area (Å²) in [7, 11) is 1.43. The Balaban J connectivity index is 1.06. The first-order chi connectivity index (χ1) is 29.8. The van der Waals surface area contributed by atoms with Gasteiger partial charge in [-0.1, -0.05) is 39.5 Å². The van der Waals surface area contributed by atoms with Gasteiger partial charge in [0, 0.05) is 46.2 Å². The average molecular weight is 845 g/mol. The van der Waals surface area contributed by atoms with Crippen LogP contribution >= 0.6 is 0 Å². The van der Waals surface area contributed by atoms with E-state index < -0.39 is 41.0 Å². The molecule has 0 fully saturated rings. The minimum atomic E-state index is -1.70. The Morgan fingerprint density at radius 1 is 1.02 bits per heavy atom. The summed E-state index contributed by atoms with van der Waals surface area (Å²) in [6.45, 7) is 15.2. The van der Waals surface area contributed by atoms with Crippen molar-refractivity contribution in [3.63, 3.8) is 0 Å². The molecule has 5 aliphatic heterocycles. The highest BCUT2D eigenvalue weighted by molar-refractivity contribution is 6.15. The van der Waals surface area contributed by atoms with Crippen molar-refractivity contribution in [3.8, 4) is 17.1 Å². The number of hydrogen-bond donors (Lipinski definition) is 2. The number of aliphatic hydroxyl groups excluding tert-OH is 1. The maximum absolute atomic E-state index is 14.5. The SMILES string of the molecule is C=CC1N=C2C(=CC1C)C(OCCO)n1c2cc2c(c1=O)COC(=O)[C@@]2(CC)OC(C)C(=C)Cc1c(O)ccc2nc3c(cc12)Cn1c-3cc2c(c1=O)COC(=O)[C@@]2(CC)OC. The number of aromatic nitrogens is 3. The number of fused-ring (bicyclic) bond motifs is 9. The lowest BCUT2D eigenvalue weighted by Gasteiger charge is -2.38. The smallest absolute Gasteiger partial charge is 0.343 e. The monoisotopic (exact) mass is 844 g/mol. The van der Waals surface area contributed by atoms with Crippen LogP contribution in [0.25, 0.3) is 22.3 Å². The van der Waals surface area contributed by atoms with Crippen LogP contribution in [0.3, 0.4) is 0 Å². The number of dihydropyridines is 1. The van der Waals surface area contributed by atoms with E-state index in [1.807, 2.05) is 19.1 Å². The van der Waals surface area contributed by atoms with Crippen molar-refractivity contribution in [1.82, 2.24) is 14.1 Å². The van der Waals surface area contributed by atoms with Gasteiger partial charge in [-0.05, 0) is 62.1 Å². The Kier molecular flexibility index (Phi) is 10.1. The molecule has 8 heterocycles. The van der Waals surface area contributed by atoms with E-state index in [9.17, 15) is 29.4 Å². The summed E-state index contributed by atoms with van der Waals surface area (Å²) in [6, 6.07) is 8.48. The Morgan fingerprint density at radius 2 is 1.69 bits per heavy atom. The molecule has 3 aromatic heterocycles. The number of phenolic OH excluding ortho intramolecular Hbond substituents is 1. The van der Waals surface area contributed by atoms with Gasteiger partial charge in [0.1, 0.15) is 19.0 Å². The summed E-state index contributed by atoms with van der Waals surface area (Å²) >= 11 is 0. The number of rotatable bonds is 12. The molecule has 15 nitrogen and oxygen atoms in total. The molecular weight excluding hydrogens is 797 g/mol. The number of ether oxygens (including phenoxy) is 5. The number of hydrogen-bond acceptors (Lipinski definition) is 13. The minimum Gasteiger partial charge on any atom is -0.508 e. The fourth-order valence-corrected chi connectivity index (χ4v) is 9.79. The number of cyclic esters (lactones) is 2. The molecule has 4 aromatic rings. The molecule has 9 rings (SSSR count). The van der Waals surface area contributed by atoms with Crippen molar-refractivity contribution >= 4 is 28.6 Å². The van der Waals surface area contributed by atoms with Gasteiger partial charge >= 0.3 is 11.9 Å². The highest BCUT2D eigenvalue weighted by atomic mass is 16.6. The van der Waals surface area contributed by atoms with Crippen LogP contribution in [-0.4, -0.2) is 74.5 Å². The number of methoxy groups -OCH3 is 1. The molecular formula is C47H48N4O11. The lowest BCUT2D eigenvalue weighted by molar-refractivity contribution is -0.186. The molecule has 62 heavy (non-hydrogen) atoms. The number of aromatic hydroxyl groups is 1. The largest absolute Gasteiger partial charge is 0.508 e. The molecule has 2 N–H and O–H groups in total. The van der Waals surface area contributed by atoms with Crippen LogP contribution in [-0.2, 0) is 70.7 Å². The van der Waals surface area contributed by atoms with E-state index >= 15 is 0 Å². The zero-order valence-corrected chi connectivity index (χ0v) is 35.3. The molecule has 0 amide bonds. The third-order valence-electron chi connectivity index (χ3n) is 13.3. The van der Waals surface area contributed by atoms with E-state index in [4.69, 9.17) is 33.7 Å². The van der Waals surface area contributed by atoms with Crippen molar-refractivity contribution < 1.29 is 43.5 Å². The molecule has 1 aromatic carbocycles. The van der Waals surface area contributed by atoms with Crippen molar-refractivity contribution in [3.05, 3.63) is 127 Å². The predicted octanol–water partition coefficient (Wildman–Crippen LogP) is 4.91. The molecule has 0 aliphatic carbocycles. The number of phenols is 1. The molecule has 15 heteroatoms. The summed E-state index contributed by atoms with van der Waals surface area (Å²) in [5.74, 6) is -1.22. The van der Waals surface area contributed by atoms with E-state index in [0.29, 0.717) is 67.1 Å². The van der Waals surface area contributed by atoms with Crippen molar-refractivity contribution in [2.45, 2.75) is 96.3 Å². The van der Waals surface area contributed by atoms with Crippen LogP contribution in [0.5, 0.6) is 5.75 Å². The van der Waals surface area contributed by atoms with Gasteiger partial charge in [-0.2, -0.15) is 0 Å². The molecule has 0 spiro atoms. The molecule has 322 valence electrons. The van der Waals surface area contributed by atoms with Crippen LogP contribution in [0.2, 0.25) is 0 Å². The van der Waals surface area contributed by atoms with E-state index in [1.165, 1.54) is 11.7 Å². The third kappa shape index (κ3) is 5.85. The Labute approximate surface area is 356 Å². The lowest BCUT2D eigenvalue weighted by Crippen LogP contribution is -2.48. The maximum atomic E-state index is 14.5. The van der Waals surface area contributed by atoms with Crippen LogP contribution < -0.4 is 11.1 Å². The van der Waals surface area contributed by atoms with Gasteiger partial charge in [0.15, 0.2) is 17.4 Å². The molecule has 5 aliphatic rings. The minimum absolute atomic E-state index is 0.00216. The summed E-state index contributed by atoms with van der Waals surface area (Å²) in [6.07, 6.45) is 2.64. The van der Waals surface area contributed by atoms with E-state index in [1.54, 1.807) is 55.7 Å². The second kappa shape index (κ2) is 15.1. The number of carbonyl (C=O) groups is 2. The van der Waals surface area contributed by atoms with Crippen LogP contribution in [0.15, 0.2) is 81.4 Å². The van der Waals surface area contributed by atoms with Gasteiger partial charge in [-0.25, -0.2) is 14.6 Å². The zero-order chi connectivity index (χ0) is 44.0. The van der Waals surface area contributed by atoms with Gasteiger partial charge in [-0.3, -0.25) is 19.1 Å². The maximum Gasteiger partial charge on any atom is 0.343 e. The number of pyridine rings is 3. The molecule has 0 bridgehead atoms. The van der Waals surface area contributed by atoms with E-state index in [-0.39, 0.29) is 81.1 Å². The molecule has 0 radical (unpaired) electrons. The molecule has 6 atom stereocenters. The fourth-order valence-electron chi connectivity index (χ4n) is 9.79. The second-order valence-electron chi connectivity index (χ2n) is 16.5. The average Bonchev–Trinajstić information content (AvgIpc) is 3.78. The number of aliphatic imine (C=N–C) groups is 1. The van der Waals surface area contributed by atoms with Crippen LogP contribution in [0.1, 0.15) is 85.8 Å². The topological polar surface area (TPSA) is 190 Å². The first kappa shape index (κ1) is 41.4. The predicted molar refractivity (Wildman–Crippen MR) is 227 cm³/mol. The highest BCUT2D eigenvalue weighted by Gasteiger charge is 2.51. The van der Waals surface area contributed by atoms with Gasteiger partial charge in [0.2, 0.25) is 0 Å². The summed E-state index contributed by atoms with van der Waals surface area (Å²) in [5.41, 5.74) is 2.79. The molecule has 4 unspecified atom stereocenters. The van der Waals surface area contributed by atoms with Crippen LogP contribution in [0, 0.1) is 5.92 Å². The standard InChI is InChI=1S/C47H48N4O11/c1-8-34-24(5)16-29-40(48-34)37-19-33-31(42(55)51(37)43(29)59-14-13-52)22-61-45(57)47(33,10-3)62-25(6)23(4)15-28-27-17-26-20-50-36(39(26)49-35(27)11-12-38(28)53)18-32-30(41(50)54)21-60-44(56)46(32,9-2)58-7/h8,11-12,16-19,24-25,34,43,52-53H,1,4,9-10,13-15,20-22H2,2-3,5-7H3/t24?,25?,34?,43?,46-,47-/m0/s1. The first-order valence-electron chi connectivity index (χ1n) is 20.9. The Bertz CT molecular complexity index is 2830. The lowest BCUT2D eigenvalue weighted by atomic mass is 9.84. The number of benzene rings is 1. The number of esters is 2. The number of aliphatic hydroxyl groups is 1. The second-order valence-corrected chi connectivity index (χ2v) is 16.5. The van der Waals surface area contributed by atoms with Crippen molar-refractivity contribution in [2.24, 2.45) is 10.9 Å². The number of carbonyl (C=O) groups excluding carboxylic acids is 2. The van der Waals surface area contributed by atoms with Crippen molar-refractivity contribution in [1.29, 1.82) is 0 Å². The van der Waals surface area contributed by atoms with Crippen molar-refractivity contribution in [2.75, 3.05) is 20.3 Å². The first-order valence-corrected chi connectivity index (χ1v) is 20.9.